The zero-order valence-electron chi connectivity index (χ0n) is 14.2. The van der Waals surface area contributed by atoms with Gasteiger partial charge in [0.15, 0.2) is 6.61 Å². The minimum absolute atomic E-state index is 0.0193. The van der Waals surface area contributed by atoms with Gasteiger partial charge in [0, 0.05) is 26.1 Å². The molecule has 1 saturated heterocycles. The summed E-state index contributed by atoms with van der Waals surface area (Å²) >= 11 is 0. The number of halogens is 3. The molecule has 1 fully saturated rings. The van der Waals surface area contributed by atoms with E-state index < -0.39 is 11.7 Å². The van der Waals surface area contributed by atoms with Crippen LogP contribution < -0.4 is 10.1 Å². The van der Waals surface area contributed by atoms with Crippen LogP contribution >= 0.6 is 0 Å². The first-order valence-electron chi connectivity index (χ1n) is 8.02. The van der Waals surface area contributed by atoms with Crippen molar-refractivity contribution in [1.82, 2.24) is 10.2 Å². The summed E-state index contributed by atoms with van der Waals surface area (Å²) in [4.78, 5) is 24.9. The number of amides is 2. The van der Waals surface area contributed by atoms with Crippen molar-refractivity contribution in [3.8, 4) is 5.75 Å². The normalized spacial score (nSPS) is 15.8. The number of carbonyl (C=O) groups is 2. The lowest BCUT2D eigenvalue weighted by Gasteiger charge is -2.31. The van der Waals surface area contributed by atoms with Crippen molar-refractivity contribution in [1.29, 1.82) is 0 Å². The summed E-state index contributed by atoms with van der Waals surface area (Å²) in [7, 11) is 0. The largest absolute Gasteiger partial charge is 0.484 e. The number of alkyl halides is 3. The maximum atomic E-state index is 12.6. The number of likely N-dealkylation sites (tertiary alicyclic amines) is 1. The molecule has 0 spiro atoms. The van der Waals surface area contributed by atoms with Crippen molar-refractivity contribution in [3.05, 3.63) is 29.3 Å². The standard InChI is InChI=1S/C17H21F3N2O3/c1-11-9-13(17(18,19)20)3-4-15(11)25-10-16(24)21-14-5-7-22(8-6-14)12(2)23/h3-4,9,14H,5-8,10H2,1-2H3,(H,21,24). The smallest absolute Gasteiger partial charge is 0.416 e. The molecule has 0 radical (unpaired) electrons. The van der Waals surface area contributed by atoms with E-state index in [1.165, 1.54) is 19.9 Å². The van der Waals surface area contributed by atoms with Gasteiger partial charge in [0.05, 0.1) is 5.56 Å². The predicted molar refractivity (Wildman–Crippen MR) is 85.1 cm³/mol. The molecule has 2 rings (SSSR count). The number of hydrogen-bond acceptors (Lipinski definition) is 3. The summed E-state index contributed by atoms with van der Waals surface area (Å²) in [6.45, 7) is 3.94. The van der Waals surface area contributed by atoms with Gasteiger partial charge in [0.1, 0.15) is 5.75 Å². The molecule has 1 aliphatic rings. The van der Waals surface area contributed by atoms with Crippen molar-refractivity contribution < 1.29 is 27.5 Å². The van der Waals surface area contributed by atoms with E-state index in [1.807, 2.05) is 0 Å². The van der Waals surface area contributed by atoms with Crippen LogP contribution in [0, 0.1) is 6.92 Å². The fourth-order valence-electron chi connectivity index (χ4n) is 2.74. The highest BCUT2D eigenvalue weighted by atomic mass is 19.4. The molecule has 8 heteroatoms. The second-order valence-electron chi connectivity index (χ2n) is 6.11. The van der Waals surface area contributed by atoms with Crippen LogP contribution in [-0.2, 0) is 15.8 Å². The Bertz CT molecular complexity index is 639. The summed E-state index contributed by atoms with van der Waals surface area (Å²) in [5.74, 6) is -0.0685. The fourth-order valence-corrected chi connectivity index (χ4v) is 2.74. The van der Waals surface area contributed by atoms with Crippen LogP contribution in [0.5, 0.6) is 5.75 Å². The summed E-state index contributed by atoms with van der Waals surface area (Å²) in [5, 5.41) is 2.82. The highest BCUT2D eigenvalue weighted by Crippen LogP contribution is 2.32. The summed E-state index contributed by atoms with van der Waals surface area (Å²) < 4.78 is 43.2. The van der Waals surface area contributed by atoms with Crippen molar-refractivity contribution >= 4 is 11.8 Å². The second-order valence-corrected chi connectivity index (χ2v) is 6.11. The monoisotopic (exact) mass is 358 g/mol. The average molecular weight is 358 g/mol. The number of aryl methyl sites for hydroxylation is 1. The molecule has 0 aliphatic carbocycles. The van der Waals surface area contributed by atoms with Gasteiger partial charge in [-0.25, -0.2) is 0 Å². The molecule has 1 aromatic carbocycles. The van der Waals surface area contributed by atoms with Crippen LogP contribution in [0.2, 0.25) is 0 Å². The van der Waals surface area contributed by atoms with Crippen molar-refractivity contribution in [3.63, 3.8) is 0 Å². The van der Waals surface area contributed by atoms with E-state index in [0.29, 0.717) is 31.5 Å². The number of rotatable bonds is 4. The zero-order chi connectivity index (χ0) is 18.6. The topological polar surface area (TPSA) is 58.6 Å². The molecule has 2 amide bonds. The molecule has 138 valence electrons. The van der Waals surface area contributed by atoms with E-state index in [1.54, 1.807) is 4.90 Å². The third kappa shape index (κ3) is 5.37. The van der Waals surface area contributed by atoms with Crippen LogP contribution in [-0.4, -0.2) is 42.5 Å². The van der Waals surface area contributed by atoms with Crippen LogP contribution in [0.4, 0.5) is 13.2 Å². The van der Waals surface area contributed by atoms with Gasteiger partial charge in [0.2, 0.25) is 5.91 Å². The van der Waals surface area contributed by atoms with E-state index in [-0.39, 0.29) is 30.2 Å². The Balaban J connectivity index is 1.82. The molecular weight excluding hydrogens is 337 g/mol. The van der Waals surface area contributed by atoms with Gasteiger partial charge in [-0.3, -0.25) is 9.59 Å². The Morgan fingerprint density at radius 3 is 2.44 bits per heavy atom. The first-order chi connectivity index (χ1) is 11.7. The lowest BCUT2D eigenvalue weighted by molar-refractivity contribution is -0.137. The minimum atomic E-state index is -4.41. The van der Waals surface area contributed by atoms with E-state index in [2.05, 4.69) is 5.32 Å². The maximum absolute atomic E-state index is 12.6. The van der Waals surface area contributed by atoms with Gasteiger partial charge in [-0.1, -0.05) is 0 Å². The fraction of sp³-hybridized carbons (Fsp3) is 0.529. The quantitative estimate of drug-likeness (QED) is 0.900. The van der Waals surface area contributed by atoms with Gasteiger partial charge in [-0.15, -0.1) is 0 Å². The Morgan fingerprint density at radius 2 is 1.92 bits per heavy atom. The lowest BCUT2D eigenvalue weighted by atomic mass is 10.1. The van der Waals surface area contributed by atoms with E-state index >= 15 is 0 Å². The summed E-state index contributed by atoms with van der Waals surface area (Å²) in [6.07, 6.45) is -3.06. The van der Waals surface area contributed by atoms with Gasteiger partial charge in [-0.05, 0) is 43.5 Å². The molecule has 0 aromatic heterocycles. The molecule has 0 saturated carbocycles. The minimum Gasteiger partial charge on any atom is -0.484 e. The van der Waals surface area contributed by atoms with Gasteiger partial charge >= 0.3 is 6.18 Å². The lowest BCUT2D eigenvalue weighted by Crippen LogP contribution is -2.47. The number of nitrogens with zero attached hydrogens (tertiary/aromatic N) is 1. The van der Waals surface area contributed by atoms with Crippen LogP contribution in [0.15, 0.2) is 18.2 Å². The number of carbonyl (C=O) groups excluding carboxylic acids is 2. The molecule has 1 aliphatic heterocycles. The molecule has 25 heavy (non-hydrogen) atoms. The van der Waals surface area contributed by atoms with Crippen molar-refractivity contribution in [2.45, 2.75) is 38.9 Å². The maximum Gasteiger partial charge on any atom is 0.416 e. The molecule has 1 N–H and O–H groups in total. The van der Waals surface area contributed by atoms with Gasteiger partial charge in [-0.2, -0.15) is 13.2 Å². The Kier molecular flexibility index (Phi) is 5.92. The number of ether oxygens (including phenoxy) is 1. The first-order valence-corrected chi connectivity index (χ1v) is 8.02. The number of benzene rings is 1. The predicted octanol–water partition coefficient (Wildman–Crippen LogP) is 2.52. The second kappa shape index (κ2) is 7.76. The number of nitrogens with one attached hydrogen (secondary N) is 1. The highest BCUT2D eigenvalue weighted by molar-refractivity contribution is 5.78. The van der Waals surface area contributed by atoms with Crippen molar-refractivity contribution in [2.75, 3.05) is 19.7 Å². The first kappa shape index (κ1) is 19.1. The summed E-state index contributed by atoms with van der Waals surface area (Å²) in [5.41, 5.74) is -0.434. The molecular formula is C17H21F3N2O3. The highest BCUT2D eigenvalue weighted by Gasteiger charge is 2.30. The Morgan fingerprint density at radius 1 is 1.28 bits per heavy atom. The Labute approximate surface area is 144 Å². The van der Waals surface area contributed by atoms with Crippen LogP contribution in [0.25, 0.3) is 0 Å². The molecule has 0 atom stereocenters. The SMILES string of the molecule is CC(=O)N1CCC(NC(=O)COc2ccc(C(F)(F)F)cc2C)CC1. The third-order valence-electron chi connectivity index (χ3n) is 4.17. The van der Waals surface area contributed by atoms with Crippen molar-refractivity contribution in [2.24, 2.45) is 0 Å². The summed E-state index contributed by atoms with van der Waals surface area (Å²) in [6, 6.07) is 3.11. The van der Waals surface area contributed by atoms with Gasteiger partial charge < -0.3 is 15.0 Å². The molecule has 1 aromatic rings. The number of hydrogen-bond donors (Lipinski definition) is 1. The Hall–Kier alpha value is -2.25. The molecule has 0 bridgehead atoms. The molecule has 5 nitrogen and oxygen atoms in total. The third-order valence-corrected chi connectivity index (χ3v) is 4.17. The molecule has 0 unspecified atom stereocenters. The average Bonchev–Trinajstić information content (AvgIpc) is 2.53. The zero-order valence-corrected chi connectivity index (χ0v) is 14.2. The van der Waals surface area contributed by atoms with E-state index in [9.17, 15) is 22.8 Å². The van der Waals surface area contributed by atoms with E-state index in [0.717, 1.165) is 12.1 Å². The van der Waals surface area contributed by atoms with E-state index in [4.69, 9.17) is 4.74 Å². The van der Waals surface area contributed by atoms with Crippen LogP contribution in [0.3, 0.4) is 0 Å². The number of piperidine rings is 1. The van der Waals surface area contributed by atoms with Gasteiger partial charge in [0.25, 0.3) is 5.91 Å². The van der Waals surface area contributed by atoms with Crippen LogP contribution in [0.1, 0.15) is 30.9 Å². The molecule has 1 heterocycles.